The average molecular weight is 427 g/mol. The van der Waals surface area contributed by atoms with Crippen LogP contribution in [0.3, 0.4) is 0 Å². The Morgan fingerprint density at radius 2 is 2.23 bits per heavy atom. The Labute approximate surface area is 179 Å². The summed E-state index contributed by atoms with van der Waals surface area (Å²) in [5, 5.41) is 18.5. The predicted molar refractivity (Wildman–Crippen MR) is 116 cm³/mol. The number of likely N-dealkylation sites (tertiary alicyclic amines) is 1. The fourth-order valence-corrected chi connectivity index (χ4v) is 4.47. The number of hydrogen-bond donors (Lipinski definition) is 4. The van der Waals surface area contributed by atoms with Gasteiger partial charge in [0.1, 0.15) is 17.1 Å². The molecule has 164 valence electrons. The van der Waals surface area contributed by atoms with Gasteiger partial charge >= 0.3 is 5.97 Å². The first-order valence-corrected chi connectivity index (χ1v) is 10.4. The first-order chi connectivity index (χ1) is 14.8. The molecule has 0 aliphatic carbocycles. The maximum atomic E-state index is 14.4. The summed E-state index contributed by atoms with van der Waals surface area (Å²) in [5.41, 5.74) is 1.60. The third-order valence-corrected chi connectivity index (χ3v) is 6.08. The molecule has 3 heterocycles. The number of carbonyl (C=O) groups excluding carboxylic acids is 1. The zero-order chi connectivity index (χ0) is 22.2. The number of anilines is 3. The van der Waals surface area contributed by atoms with E-state index in [-0.39, 0.29) is 23.5 Å². The molecular weight excluding hydrogens is 401 g/mol. The fourth-order valence-electron chi connectivity index (χ4n) is 4.47. The summed E-state index contributed by atoms with van der Waals surface area (Å²) in [4.78, 5) is 30.1. The van der Waals surface area contributed by atoms with Crippen LogP contribution in [0.2, 0.25) is 0 Å². The maximum Gasteiger partial charge on any atom is 0.354 e. The van der Waals surface area contributed by atoms with Crippen LogP contribution < -0.4 is 16.0 Å². The van der Waals surface area contributed by atoms with E-state index in [0.29, 0.717) is 36.6 Å². The monoisotopic (exact) mass is 427 g/mol. The van der Waals surface area contributed by atoms with Crippen molar-refractivity contribution < 1.29 is 19.1 Å². The fraction of sp³-hybridized carbons (Fsp3) is 0.409. The summed E-state index contributed by atoms with van der Waals surface area (Å²) in [6.45, 7) is 5.68. The SMILES string of the molecule is CCNc1cc(F)cc2c1NC(=O)C2(C)N1CCCC(Nc2ccc(C(=O)O)nc2)C1. The van der Waals surface area contributed by atoms with Gasteiger partial charge in [-0.3, -0.25) is 9.69 Å². The number of hydrogen-bond acceptors (Lipinski definition) is 6. The molecular formula is C22H26FN5O3. The van der Waals surface area contributed by atoms with Crippen LogP contribution in [0.5, 0.6) is 0 Å². The lowest BCUT2D eigenvalue weighted by molar-refractivity contribution is -0.127. The molecule has 1 amide bonds. The van der Waals surface area contributed by atoms with Gasteiger partial charge in [-0.2, -0.15) is 0 Å². The zero-order valence-corrected chi connectivity index (χ0v) is 17.5. The van der Waals surface area contributed by atoms with Crippen molar-refractivity contribution >= 4 is 28.9 Å². The van der Waals surface area contributed by atoms with Crippen LogP contribution in [0.4, 0.5) is 21.5 Å². The molecule has 8 nitrogen and oxygen atoms in total. The number of amides is 1. The van der Waals surface area contributed by atoms with Gasteiger partial charge < -0.3 is 21.1 Å². The number of pyridine rings is 1. The minimum Gasteiger partial charge on any atom is -0.477 e. The van der Waals surface area contributed by atoms with Crippen molar-refractivity contribution in [2.75, 3.05) is 35.6 Å². The molecule has 1 aromatic heterocycles. The van der Waals surface area contributed by atoms with Crippen molar-refractivity contribution in [1.82, 2.24) is 9.88 Å². The van der Waals surface area contributed by atoms with Crippen molar-refractivity contribution in [3.8, 4) is 0 Å². The van der Waals surface area contributed by atoms with E-state index in [1.807, 2.05) is 13.8 Å². The topological polar surface area (TPSA) is 107 Å². The minimum atomic E-state index is -1.07. The number of aromatic carboxylic acids is 1. The molecule has 31 heavy (non-hydrogen) atoms. The highest BCUT2D eigenvalue weighted by molar-refractivity contribution is 6.08. The molecule has 0 bridgehead atoms. The summed E-state index contributed by atoms with van der Waals surface area (Å²) >= 11 is 0. The Kier molecular flexibility index (Phi) is 5.53. The highest BCUT2D eigenvalue weighted by Gasteiger charge is 2.49. The number of carboxylic acid groups (broad SMARTS) is 1. The molecule has 2 aliphatic heterocycles. The van der Waals surface area contributed by atoms with Crippen molar-refractivity contribution in [2.45, 2.75) is 38.3 Å². The zero-order valence-electron chi connectivity index (χ0n) is 17.5. The Morgan fingerprint density at radius 1 is 1.42 bits per heavy atom. The highest BCUT2D eigenvalue weighted by atomic mass is 19.1. The van der Waals surface area contributed by atoms with Crippen LogP contribution in [0.25, 0.3) is 0 Å². The van der Waals surface area contributed by atoms with E-state index >= 15 is 0 Å². The second kappa shape index (κ2) is 8.14. The normalized spacial score (nSPS) is 23.2. The summed E-state index contributed by atoms with van der Waals surface area (Å²) < 4.78 is 14.4. The molecule has 1 aromatic carbocycles. The number of aromatic nitrogens is 1. The molecule has 1 saturated heterocycles. The Hall–Kier alpha value is -3.20. The van der Waals surface area contributed by atoms with Gasteiger partial charge in [0.05, 0.1) is 23.3 Å². The van der Waals surface area contributed by atoms with E-state index in [1.165, 1.54) is 24.4 Å². The van der Waals surface area contributed by atoms with Crippen LogP contribution in [0, 0.1) is 5.82 Å². The number of halogens is 1. The van der Waals surface area contributed by atoms with E-state index in [1.54, 1.807) is 6.07 Å². The quantitative estimate of drug-likeness (QED) is 0.561. The van der Waals surface area contributed by atoms with Crippen LogP contribution >= 0.6 is 0 Å². The predicted octanol–water partition coefficient (Wildman–Crippen LogP) is 3.09. The van der Waals surface area contributed by atoms with Gasteiger partial charge in [-0.25, -0.2) is 14.2 Å². The summed E-state index contributed by atoms with van der Waals surface area (Å²) in [5.74, 6) is -1.62. The lowest BCUT2D eigenvalue weighted by Crippen LogP contribution is -2.55. The van der Waals surface area contributed by atoms with Crippen molar-refractivity contribution in [3.05, 3.63) is 47.5 Å². The molecule has 2 unspecified atom stereocenters. The molecule has 4 N–H and O–H groups in total. The van der Waals surface area contributed by atoms with Crippen molar-refractivity contribution in [1.29, 1.82) is 0 Å². The van der Waals surface area contributed by atoms with E-state index in [9.17, 15) is 14.0 Å². The van der Waals surface area contributed by atoms with Gasteiger partial charge in [-0.05, 0) is 57.5 Å². The maximum absolute atomic E-state index is 14.4. The van der Waals surface area contributed by atoms with Gasteiger partial charge in [0, 0.05) is 24.7 Å². The van der Waals surface area contributed by atoms with Crippen LogP contribution in [-0.2, 0) is 10.3 Å². The summed E-state index contributed by atoms with van der Waals surface area (Å²) in [7, 11) is 0. The number of benzene rings is 1. The third kappa shape index (κ3) is 3.81. The Balaban J connectivity index is 1.57. The standard InChI is InChI=1S/C22H26FN5O3/c1-3-24-18-10-13(23)9-16-19(18)27-21(31)22(16,2)28-8-4-5-15(12-28)26-14-6-7-17(20(29)30)25-11-14/h6-7,9-11,15,24,26H,3-5,8,12H2,1-2H3,(H,27,31)(H,29,30). The van der Waals surface area contributed by atoms with Crippen molar-refractivity contribution in [2.24, 2.45) is 0 Å². The first kappa shape index (κ1) is 21.0. The molecule has 1 fully saturated rings. The smallest absolute Gasteiger partial charge is 0.354 e. The molecule has 0 spiro atoms. The molecule has 4 rings (SSSR count). The number of piperidine rings is 1. The second-order valence-corrected chi connectivity index (χ2v) is 8.10. The highest BCUT2D eigenvalue weighted by Crippen LogP contribution is 2.45. The number of carbonyl (C=O) groups is 2. The molecule has 0 radical (unpaired) electrons. The number of nitrogens with zero attached hydrogens (tertiary/aromatic N) is 2. The number of rotatable bonds is 6. The van der Waals surface area contributed by atoms with E-state index < -0.39 is 11.5 Å². The van der Waals surface area contributed by atoms with E-state index in [2.05, 4.69) is 25.8 Å². The number of carboxylic acids is 1. The Morgan fingerprint density at radius 3 is 2.90 bits per heavy atom. The first-order valence-electron chi connectivity index (χ1n) is 10.4. The minimum absolute atomic E-state index is 0.0129. The van der Waals surface area contributed by atoms with Crippen molar-refractivity contribution in [3.63, 3.8) is 0 Å². The number of fused-ring (bicyclic) bond motifs is 1. The van der Waals surface area contributed by atoms with Crippen LogP contribution in [0.15, 0.2) is 30.5 Å². The van der Waals surface area contributed by atoms with Gasteiger partial charge in [-0.15, -0.1) is 0 Å². The molecule has 0 saturated carbocycles. The average Bonchev–Trinajstić information content (AvgIpc) is 3.00. The van der Waals surface area contributed by atoms with E-state index in [4.69, 9.17) is 5.11 Å². The number of nitrogens with one attached hydrogen (secondary N) is 3. The van der Waals surface area contributed by atoms with Crippen LogP contribution in [0.1, 0.15) is 42.7 Å². The summed E-state index contributed by atoms with van der Waals surface area (Å²) in [6.07, 6.45) is 3.26. The summed E-state index contributed by atoms with van der Waals surface area (Å²) in [6, 6.07) is 6.04. The lowest BCUT2D eigenvalue weighted by atomic mass is 9.88. The van der Waals surface area contributed by atoms with Gasteiger partial charge in [-0.1, -0.05) is 0 Å². The van der Waals surface area contributed by atoms with E-state index in [0.717, 1.165) is 18.5 Å². The molecule has 2 atom stereocenters. The van der Waals surface area contributed by atoms with Gasteiger partial charge in [0.2, 0.25) is 5.91 Å². The third-order valence-electron chi connectivity index (χ3n) is 6.08. The molecule has 2 aromatic rings. The van der Waals surface area contributed by atoms with Gasteiger partial charge in [0.25, 0.3) is 0 Å². The lowest BCUT2D eigenvalue weighted by Gasteiger charge is -2.42. The largest absolute Gasteiger partial charge is 0.477 e. The molecule has 9 heteroatoms. The second-order valence-electron chi connectivity index (χ2n) is 8.10. The van der Waals surface area contributed by atoms with Crippen LogP contribution in [-0.4, -0.2) is 52.5 Å². The van der Waals surface area contributed by atoms with Gasteiger partial charge in [0.15, 0.2) is 0 Å². The Bertz CT molecular complexity index is 1010. The molecule has 2 aliphatic rings.